The number of nitrogens with two attached hydrogens (primary N) is 1. The molecule has 0 aromatic carbocycles. The van der Waals surface area contributed by atoms with E-state index in [1.165, 1.54) is 12.8 Å². The maximum Gasteiger partial charge on any atom is 0.197 e. The molecule has 0 spiro atoms. The fourth-order valence-corrected chi connectivity index (χ4v) is 3.15. The van der Waals surface area contributed by atoms with Crippen LogP contribution in [0, 0.1) is 6.92 Å². The molecule has 3 rings (SSSR count). The first-order valence-corrected chi connectivity index (χ1v) is 8.87. The molecule has 134 valence electrons. The number of hydrogen-bond acceptors (Lipinski definition) is 4. The van der Waals surface area contributed by atoms with Crippen LogP contribution in [0.5, 0.6) is 0 Å². The minimum Gasteiger partial charge on any atom is -0.369 e. The van der Waals surface area contributed by atoms with Crippen LogP contribution in [0.15, 0.2) is 16.2 Å². The van der Waals surface area contributed by atoms with Crippen molar-refractivity contribution < 1.29 is 0 Å². The zero-order chi connectivity index (χ0) is 17.8. The Kier molecular flexibility index (Phi) is 5.25. The number of likely N-dealkylation sites (tertiary alicyclic amines) is 1. The van der Waals surface area contributed by atoms with Crippen LogP contribution in [0.3, 0.4) is 0 Å². The summed E-state index contributed by atoms with van der Waals surface area (Å²) in [6.45, 7) is 6.02. The molecule has 0 saturated carbocycles. The normalized spacial score (nSPS) is 16.2. The lowest BCUT2D eigenvalue weighted by Gasteiger charge is -2.15. The van der Waals surface area contributed by atoms with Gasteiger partial charge in [0.05, 0.1) is 0 Å². The average Bonchev–Trinajstić information content (AvgIpc) is 3.29. The van der Waals surface area contributed by atoms with E-state index in [-0.39, 0.29) is 0 Å². The van der Waals surface area contributed by atoms with Crippen LogP contribution >= 0.6 is 0 Å². The van der Waals surface area contributed by atoms with Gasteiger partial charge in [-0.2, -0.15) is 0 Å². The molecular formula is C17H26N8. The van der Waals surface area contributed by atoms with Gasteiger partial charge in [-0.15, -0.1) is 10.2 Å². The van der Waals surface area contributed by atoms with Crippen LogP contribution in [0.2, 0.25) is 0 Å². The number of aliphatic imine (C=N–C) groups is 2. The van der Waals surface area contributed by atoms with Crippen molar-refractivity contribution in [3.05, 3.63) is 23.4 Å². The molecule has 0 bridgehead atoms. The number of nitrogens with zero attached hydrogens (tertiary/aromatic N) is 7. The van der Waals surface area contributed by atoms with Crippen molar-refractivity contribution in [2.24, 2.45) is 15.7 Å². The summed E-state index contributed by atoms with van der Waals surface area (Å²) < 4.78 is 2.03. The van der Waals surface area contributed by atoms with Crippen molar-refractivity contribution in [1.82, 2.24) is 24.5 Å². The van der Waals surface area contributed by atoms with Gasteiger partial charge in [-0.1, -0.05) is 6.92 Å². The van der Waals surface area contributed by atoms with E-state index in [1.54, 1.807) is 7.05 Å². The number of rotatable bonds is 4. The Morgan fingerprint density at radius 1 is 1.28 bits per heavy atom. The van der Waals surface area contributed by atoms with Gasteiger partial charge in [0, 0.05) is 44.7 Å². The zero-order valence-electron chi connectivity index (χ0n) is 15.2. The molecule has 8 nitrogen and oxygen atoms in total. The van der Waals surface area contributed by atoms with Crippen LogP contribution in [0.25, 0.3) is 5.65 Å². The smallest absolute Gasteiger partial charge is 0.197 e. The second-order valence-corrected chi connectivity index (χ2v) is 6.26. The van der Waals surface area contributed by atoms with Gasteiger partial charge < -0.3 is 10.6 Å². The van der Waals surface area contributed by atoms with Crippen molar-refractivity contribution in [2.75, 3.05) is 20.1 Å². The molecule has 8 heteroatoms. The second-order valence-electron chi connectivity index (χ2n) is 6.26. The lowest BCUT2D eigenvalue weighted by atomic mass is 10.2. The second kappa shape index (κ2) is 7.58. The molecule has 2 aromatic rings. The van der Waals surface area contributed by atoms with Crippen LogP contribution in [0.1, 0.15) is 43.4 Å². The molecule has 0 aliphatic carbocycles. The molecule has 0 unspecified atom stereocenters. The molecule has 1 aliphatic rings. The van der Waals surface area contributed by atoms with Gasteiger partial charge in [0.1, 0.15) is 17.5 Å². The van der Waals surface area contributed by atoms with E-state index in [9.17, 15) is 0 Å². The van der Waals surface area contributed by atoms with Crippen LogP contribution in [-0.4, -0.2) is 56.4 Å². The summed E-state index contributed by atoms with van der Waals surface area (Å²) in [5, 5.41) is 8.70. The molecule has 1 saturated heterocycles. The molecule has 0 amide bonds. The van der Waals surface area contributed by atoms with Gasteiger partial charge in [-0.3, -0.25) is 9.39 Å². The van der Waals surface area contributed by atoms with Gasteiger partial charge in [0.15, 0.2) is 11.6 Å². The third kappa shape index (κ3) is 3.62. The molecule has 25 heavy (non-hydrogen) atoms. The van der Waals surface area contributed by atoms with Gasteiger partial charge in [-0.05, 0) is 26.2 Å². The highest BCUT2D eigenvalue weighted by molar-refractivity contribution is 5.95. The number of fused-ring (bicyclic) bond motifs is 1. The standard InChI is InChI=1S/C17H26N8/c1-4-13-11-20-12(2)25-15(22-23-16(13)25)8-7-14(19-3)21-17(18)24-9-5-6-10-24/h11H,4-10H2,1-3H3,(H2,18,19,21). The summed E-state index contributed by atoms with van der Waals surface area (Å²) in [4.78, 5) is 15.4. The molecule has 3 heterocycles. The molecule has 2 aromatic heterocycles. The molecule has 0 radical (unpaired) electrons. The number of aryl methyl sites for hydroxylation is 3. The number of amidine groups is 1. The Morgan fingerprint density at radius 2 is 2.04 bits per heavy atom. The highest BCUT2D eigenvalue weighted by Crippen LogP contribution is 2.14. The minimum atomic E-state index is 0.565. The van der Waals surface area contributed by atoms with Crippen LogP contribution < -0.4 is 5.73 Å². The first kappa shape index (κ1) is 17.3. The van der Waals surface area contributed by atoms with E-state index >= 15 is 0 Å². The molecule has 1 fully saturated rings. The summed E-state index contributed by atoms with van der Waals surface area (Å²) >= 11 is 0. The highest BCUT2D eigenvalue weighted by Gasteiger charge is 2.15. The number of aromatic nitrogens is 4. The third-order valence-electron chi connectivity index (χ3n) is 4.63. The lowest BCUT2D eigenvalue weighted by molar-refractivity contribution is 0.514. The van der Waals surface area contributed by atoms with E-state index in [1.807, 2.05) is 17.5 Å². The monoisotopic (exact) mass is 342 g/mol. The van der Waals surface area contributed by atoms with Crippen LogP contribution in [-0.2, 0) is 12.8 Å². The fourth-order valence-electron chi connectivity index (χ4n) is 3.15. The predicted molar refractivity (Wildman–Crippen MR) is 99.0 cm³/mol. The van der Waals surface area contributed by atoms with Crippen molar-refractivity contribution in [3.8, 4) is 0 Å². The SMILES string of the molecule is CCc1cnc(C)n2c(CCC(=NC)N=C(N)N3CCCC3)nnc12. The van der Waals surface area contributed by atoms with E-state index in [2.05, 4.69) is 37.0 Å². The Balaban J connectivity index is 1.76. The van der Waals surface area contributed by atoms with Crippen molar-refractivity contribution in [1.29, 1.82) is 0 Å². The first-order chi connectivity index (χ1) is 12.1. The summed E-state index contributed by atoms with van der Waals surface area (Å²) in [7, 11) is 1.75. The quantitative estimate of drug-likeness (QED) is 0.668. The highest BCUT2D eigenvalue weighted by atomic mass is 15.3. The largest absolute Gasteiger partial charge is 0.369 e. The molecule has 0 atom stereocenters. The summed E-state index contributed by atoms with van der Waals surface area (Å²) in [5.41, 5.74) is 8.10. The predicted octanol–water partition coefficient (Wildman–Crippen LogP) is 1.37. The third-order valence-corrected chi connectivity index (χ3v) is 4.63. The van der Waals surface area contributed by atoms with E-state index in [0.29, 0.717) is 18.8 Å². The van der Waals surface area contributed by atoms with E-state index in [4.69, 9.17) is 5.73 Å². The van der Waals surface area contributed by atoms with Gasteiger partial charge in [0.25, 0.3) is 0 Å². The Hall–Kier alpha value is -2.51. The van der Waals surface area contributed by atoms with Crippen molar-refractivity contribution >= 4 is 17.4 Å². The summed E-state index contributed by atoms with van der Waals surface area (Å²) in [5.74, 6) is 3.07. The average molecular weight is 342 g/mol. The molecule has 1 aliphatic heterocycles. The first-order valence-electron chi connectivity index (χ1n) is 8.87. The Bertz CT molecular complexity index is 798. The van der Waals surface area contributed by atoms with Gasteiger partial charge in [-0.25, -0.2) is 9.98 Å². The summed E-state index contributed by atoms with van der Waals surface area (Å²) in [6.07, 6.45) is 6.47. The van der Waals surface area contributed by atoms with E-state index < -0.39 is 0 Å². The minimum absolute atomic E-state index is 0.565. The lowest BCUT2D eigenvalue weighted by Crippen LogP contribution is -2.35. The summed E-state index contributed by atoms with van der Waals surface area (Å²) in [6, 6.07) is 0. The fraction of sp³-hybridized carbons (Fsp3) is 0.588. The van der Waals surface area contributed by atoms with E-state index in [0.717, 1.165) is 48.2 Å². The number of hydrogen-bond donors (Lipinski definition) is 1. The van der Waals surface area contributed by atoms with Crippen LogP contribution in [0.4, 0.5) is 0 Å². The Labute approximate surface area is 147 Å². The topological polar surface area (TPSA) is 97.1 Å². The number of guanidine groups is 1. The maximum absolute atomic E-state index is 6.11. The molecular weight excluding hydrogens is 316 g/mol. The Morgan fingerprint density at radius 3 is 2.72 bits per heavy atom. The van der Waals surface area contributed by atoms with Crippen molar-refractivity contribution in [2.45, 2.75) is 46.0 Å². The zero-order valence-corrected chi connectivity index (χ0v) is 15.2. The van der Waals surface area contributed by atoms with Gasteiger partial charge in [0.2, 0.25) is 0 Å². The van der Waals surface area contributed by atoms with Gasteiger partial charge >= 0.3 is 0 Å². The maximum atomic E-state index is 6.11. The van der Waals surface area contributed by atoms with Crippen molar-refractivity contribution in [3.63, 3.8) is 0 Å². The molecule has 2 N–H and O–H groups in total.